The molecule has 33 heavy (non-hydrogen) atoms. The van der Waals surface area contributed by atoms with Crippen LogP contribution in [0.5, 0.6) is 11.5 Å². The molecule has 2 aromatic carbocycles. The number of ether oxygens (including phenoxy) is 2. The Labute approximate surface area is 194 Å². The number of carbonyl (C=O) groups excluding carboxylic acids is 1. The van der Waals surface area contributed by atoms with E-state index < -0.39 is 5.91 Å². The van der Waals surface area contributed by atoms with E-state index in [4.69, 9.17) is 20.2 Å². The quantitative estimate of drug-likeness (QED) is 0.534. The SMILES string of the molecule is COc1ccc(-c2nc([C@H]3CCCN(Cc4cccc(OC(C)C)c4)C3)[nH]c2C(N)=O)cc1. The molecular weight excluding hydrogens is 416 g/mol. The number of methoxy groups -OCH3 is 1. The average Bonchev–Trinajstić information content (AvgIpc) is 3.25. The molecule has 1 aliphatic heterocycles. The highest BCUT2D eigenvalue weighted by Gasteiger charge is 2.26. The molecule has 0 aliphatic carbocycles. The molecule has 7 nitrogen and oxygen atoms in total. The first kappa shape index (κ1) is 22.9. The molecule has 0 unspecified atom stereocenters. The van der Waals surface area contributed by atoms with Crippen LogP contribution in [0.15, 0.2) is 48.5 Å². The number of nitrogens with two attached hydrogens (primary N) is 1. The van der Waals surface area contributed by atoms with Gasteiger partial charge in [0.15, 0.2) is 0 Å². The Morgan fingerprint density at radius 2 is 2.00 bits per heavy atom. The van der Waals surface area contributed by atoms with Crippen LogP contribution in [0.3, 0.4) is 0 Å². The number of hydrogen-bond donors (Lipinski definition) is 2. The van der Waals surface area contributed by atoms with Crippen molar-refractivity contribution in [3.05, 3.63) is 65.6 Å². The number of H-pyrrole nitrogens is 1. The van der Waals surface area contributed by atoms with Crippen molar-refractivity contribution in [3.63, 3.8) is 0 Å². The molecule has 4 rings (SSSR count). The molecule has 0 saturated carbocycles. The number of aromatic amines is 1. The fourth-order valence-electron chi connectivity index (χ4n) is 4.39. The number of imidazole rings is 1. The molecule has 1 aliphatic rings. The van der Waals surface area contributed by atoms with Gasteiger partial charge in [-0.2, -0.15) is 0 Å². The van der Waals surface area contributed by atoms with Gasteiger partial charge in [-0.3, -0.25) is 9.69 Å². The molecule has 1 atom stereocenters. The molecular formula is C26H32N4O3. The maximum atomic E-state index is 12.1. The number of aromatic nitrogens is 2. The predicted molar refractivity (Wildman–Crippen MR) is 129 cm³/mol. The number of carbonyl (C=O) groups is 1. The molecule has 0 bridgehead atoms. The molecule has 0 spiro atoms. The molecule has 2 heterocycles. The van der Waals surface area contributed by atoms with Gasteiger partial charge in [-0.25, -0.2) is 4.98 Å². The van der Waals surface area contributed by atoms with Crippen molar-refractivity contribution in [2.75, 3.05) is 20.2 Å². The normalized spacial score (nSPS) is 16.7. The zero-order chi connectivity index (χ0) is 23.4. The first-order chi connectivity index (χ1) is 15.9. The minimum Gasteiger partial charge on any atom is -0.497 e. The summed E-state index contributed by atoms with van der Waals surface area (Å²) < 4.78 is 11.1. The third-order valence-corrected chi connectivity index (χ3v) is 5.90. The maximum absolute atomic E-state index is 12.1. The fraction of sp³-hybridized carbons (Fsp3) is 0.385. The van der Waals surface area contributed by atoms with E-state index in [1.807, 2.05) is 50.2 Å². The Morgan fingerprint density at radius 1 is 1.21 bits per heavy atom. The minimum absolute atomic E-state index is 0.151. The molecule has 1 fully saturated rings. The number of likely N-dealkylation sites (tertiary alicyclic amines) is 1. The second kappa shape index (κ2) is 10.1. The van der Waals surface area contributed by atoms with Gasteiger partial charge in [0.1, 0.15) is 28.7 Å². The summed E-state index contributed by atoms with van der Waals surface area (Å²) in [6.07, 6.45) is 2.23. The van der Waals surface area contributed by atoms with Gasteiger partial charge >= 0.3 is 0 Å². The fourth-order valence-corrected chi connectivity index (χ4v) is 4.39. The first-order valence-corrected chi connectivity index (χ1v) is 11.4. The van der Waals surface area contributed by atoms with E-state index in [1.54, 1.807) is 7.11 Å². The number of rotatable bonds is 8. The highest BCUT2D eigenvalue weighted by molar-refractivity contribution is 5.97. The lowest BCUT2D eigenvalue weighted by Crippen LogP contribution is -2.34. The Morgan fingerprint density at radius 3 is 2.70 bits per heavy atom. The van der Waals surface area contributed by atoms with Crippen LogP contribution in [0.4, 0.5) is 0 Å². The van der Waals surface area contributed by atoms with Gasteiger partial charge in [-0.15, -0.1) is 0 Å². The largest absolute Gasteiger partial charge is 0.497 e. The van der Waals surface area contributed by atoms with Crippen molar-refractivity contribution in [2.45, 2.75) is 45.3 Å². The highest BCUT2D eigenvalue weighted by Crippen LogP contribution is 2.31. The molecule has 174 valence electrons. The van der Waals surface area contributed by atoms with Crippen LogP contribution in [-0.2, 0) is 6.54 Å². The lowest BCUT2D eigenvalue weighted by molar-refractivity contribution is 0.0996. The Hall–Kier alpha value is -3.32. The monoisotopic (exact) mass is 448 g/mol. The van der Waals surface area contributed by atoms with Gasteiger partial charge in [0.05, 0.1) is 13.2 Å². The second-order valence-electron chi connectivity index (χ2n) is 8.83. The smallest absolute Gasteiger partial charge is 0.267 e. The van der Waals surface area contributed by atoms with Crippen molar-refractivity contribution < 1.29 is 14.3 Å². The lowest BCUT2D eigenvalue weighted by Gasteiger charge is -2.32. The predicted octanol–water partition coefficient (Wildman–Crippen LogP) is 4.35. The standard InChI is InChI=1S/C26H32N4O3/c1-17(2)33-22-8-4-6-18(14-22)15-30-13-5-7-20(16-30)26-28-23(24(29-26)25(27)31)19-9-11-21(32-3)12-10-19/h4,6,8-12,14,17,20H,5,7,13,15-16H2,1-3H3,(H2,27,31)(H,28,29)/t20-/m0/s1. The molecule has 7 heteroatoms. The van der Waals surface area contributed by atoms with Crippen molar-refractivity contribution in [2.24, 2.45) is 5.73 Å². The number of nitrogens with one attached hydrogen (secondary N) is 1. The summed E-state index contributed by atoms with van der Waals surface area (Å²) >= 11 is 0. The maximum Gasteiger partial charge on any atom is 0.267 e. The van der Waals surface area contributed by atoms with E-state index in [0.29, 0.717) is 11.4 Å². The van der Waals surface area contributed by atoms with Crippen molar-refractivity contribution in [1.82, 2.24) is 14.9 Å². The second-order valence-corrected chi connectivity index (χ2v) is 8.83. The molecule has 1 saturated heterocycles. The van der Waals surface area contributed by atoms with E-state index in [1.165, 1.54) is 5.56 Å². The van der Waals surface area contributed by atoms with Crippen LogP contribution in [0, 0.1) is 0 Å². The van der Waals surface area contributed by atoms with Gasteiger partial charge in [0, 0.05) is 24.6 Å². The summed E-state index contributed by atoms with van der Waals surface area (Å²) in [5.41, 5.74) is 8.68. The molecule has 3 aromatic rings. The van der Waals surface area contributed by atoms with Crippen LogP contribution >= 0.6 is 0 Å². The lowest BCUT2D eigenvalue weighted by atomic mass is 9.97. The van der Waals surface area contributed by atoms with Crippen LogP contribution in [0.1, 0.15) is 54.5 Å². The number of piperidine rings is 1. The zero-order valence-corrected chi connectivity index (χ0v) is 19.5. The Bertz CT molecular complexity index is 1090. The summed E-state index contributed by atoms with van der Waals surface area (Å²) in [4.78, 5) is 22.6. The van der Waals surface area contributed by atoms with Crippen LogP contribution in [0.25, 0.3) is 11.3 Å². The van der Waals surface area contributed by atoms with Crippen LogP contribution in [-0.4, -0.2) is 47.1 Å². The summed E-state index contributed by atoms with van der Waals surface area (Å²) in [6, 6.07) is 15.8. The number of benzene rings is 2. The van der Waals surface area contributed by atoms with Crippen LogP contribution < -0.4 is 15.2 Å². The van der Waals surface area contributed by atoms with Gasteiger partial charge in [-0.1, -0.05) is 12.1 Å². The third-order valence-electron chi connectivity index (χ3n) is 5.90. The summed E-state index contributed by atoms with van der Waals surface area (Å²) in [5.74, 6) is 2.17. The molecule has 1 amide bonds. The van der Waals surface area contributed by atoms with E-state index >= 15 is 0 Å². The summed E-state index contributed by atoms with van der Waals surface area (Å²) in [5, 5.41) is 0. The number of primary amides is 1. The van der Waals surface area contributed by atoms with E-state index in [9.17, 15) is 4.79 Å². The third kappa shape index (κ3) is 5.54. The van der Waals surface area contributed by atoms with Crippen molar-refractivity contribution in [3.8, 4) is 22.8 Å². The summed E-state index contributed by atoms with van der Waals surface area (Å²) in [6.45, 7) is 6.81. The van der Waals surface area contributed by atoms with E-state index in [-0.39, 0.29) is 12.0 Å². The molecule has 3 N–H and O–H groups in total. The summed E-state index contributed by atoms with van der Waals surface area (Å²) in [7, 11) is 1.62. The molecule has 1 aromatic heterocycles. The van der Waals surface area contributed by atoms with Gasteiger partial charge in [-0.05, 0) is 75.2 Å². The first-order valence-electron chi connectivity index (χ1n) is 11.4. The van der Waals surface area contributed by atoms with E-state index in [2.05, 4.69) is 22.0 Å². The number of hydrogen-bond acceptors (Lipinski definition) is 5. The van der Waals surface area contributed by atoms with Gasteiger partial charge in [0.2, 0.25) is 0 Å². The van der Waals surface area contributed by atoms with Gasteiger partial charge < -0.3 is 20.2 Å². The number of amides is 1. The topological polar surface area (TPSA) is 93.5 Å². The van der Waals surface area contributed by atoms with Crippen LogP contribution in [0.2, 0.25) is 0 Å². The van der Waals surface area contributed by atoms with Gasteiger partial charge in [0.25, 0.3) is 5.91 Å². The average molecular weight is 449 g/mol. The Balaban J connectivity index is 1.51. The van der Waals surface area contributed by atoms with Crippen molar-refractivity contribution in [1.29, 1.82) is 0 Å². The zero-order valence-electron chi connectivity index (χ0n) is 19.5. The van der Waals surface area contributed by atoms with E-state index in [0.717, 1.165) is 55.4 Å². The molecule has 0 radical (unpaired) electrons. The van der Waals surface area contributed by atoms with Crippen molar-refractivity contribution >= 4 is 5.91 Å². The Kier molecular flexibility index (Phi) is 6.99. The number of nitrogens with zero attached hydrogens (tertiary/aromatic N) is 2. The minimum atomic E-state index is -0.505. The highest BCUT2D eigenvalue weighted by atomic mass is 16.5.